The predicted molar refractivity (Wildman–Crippen MR) is 89.5 cm³/mol. The van der Waals surface area contributed by atoms with Crippen LogP contribution in [0.4, 0.5) is 4.39 Å². The first-order valence-corrected chi connectivity index (χ1v) is 8.09. The maximum Gasteiger partial charge on any atom is 0.240 e. The van der Waals surface area contributed by atoms with Crippen molar-refractivity contribution in [1.29, 1.82) is 0 Å². The van der Waals surface area contributed by atoms with Crippen LogP contribution in [0.2, 0.25) is 0 Å². The van der Waals surface area contributed by atoms with Crippen LogP contribution >= 0.6 is 0 Å². The van der Waals surface area contributed by atoms with Crippen LogP contribution in [0.3, 0.4) is 0 Å². The summed E-state index contributed by atoms with van der Waals surface area (Å²) in [5, 5.41) is 2.83. The minimum Gasteiger partial charge on any atom is -0.439 e. The second-order valence-corrected chi connectivity index (χ2v) is 5.98. The van der Waals surface area contributed by atoms with E-state index in [1.54, 1.807) is 30.5 Å². The van der Waals surface area contributed by atoms with Crippen LogP contribution in [0, 0.1) is 5.82 Å². The average Bonchev–Trinajstić information content (AvgIpc) is 2.61. The van der Waals surface area contributed by atoms with Gasteiger partial charge in [0.1, 0.15) is 11.6 Å². The second-order valence-electron chi connectivity index (χ2n) is 5.98. The van der Waals surface area contributed by atoms with Crippen LogP contribution < -0.4 is 15.8 Å². The number of nitrogens with one attached hydrogen (secondary N) is 1. The number of hydrogen-bond acceptors (Lipinski definition) is 5. The molecule has 1 amide bonds. The summed E-state index contributed by atoms with van der Waals surface area (Å²) in [4.78, 5) is 16.6. The SMILES string of the molecule is NC1(C(=O)NCc2cccnc2Oc2cccc(F)c2)CCOCC1. The molecule has 25 heavy (non-hydrogen) atoms. The number of aromatic nitrogens is 1. The zero-order valence-electron chi connectivity index (χ0n) is 13.7. The van der Waals surface area contributed by atoms with Crippen molar-refractivity contribution in [3.05, 3.63) is 54.0 Å². The van der Waals surface area contributed by atoms with Gasteiger partial charge in [-0.25, -0.2) is 9.37 Å². The molecule has 1 aliphatic heterocycles. The molecule has 3 rings (SSSR count). The summed E-state index contributed by atoms with van der Waals surface area (Å²) in [5.74, 6) is 0.0293. The molecule has 1 fully saturated rings. The highest BCUT2D eigenvalue weighted by atomic mass is 19.1. The lowest BCUT2D eigenvalue weighted by Gasteiger charge is -2.31. The molecule has 0 saturated carbocycles. The number of carbonyl (C=O) groups excluding carboxylic acids is 1. The Morgan fingerprint density at radius 2 is 2.12 bits per heavy atom. The molecule has 132 valence electrons. The van der Waals surface area contributed by atoms with E-state index in [1.807, 2.05) is 0 Å². The van der Waals surface area contributed by atoms with Crippen molar-refractivity contribution in [1.82, 2.24) is 10.3 Å². The van der Waals surface area contributed by atoms with E-state index >= 15 is 0 Å². The van der Waals surface area contributed by atoms with Crippen LogP contribution in [0.5, 0.6) is 11.6 Å². The number of amides is 1. The Bertz CT molecular complexity index is 748. The van der Waals surface area contributed by atoms with Crippen LogP contribution in [0.1, 0.15) is 18.4 Å². The van der Waals surface area contributed by atoms with Crippen molar-refractivity contribution in [2.45, 2.75) is 24.9 Å². The number of nitrogens with zero attached hydrogens (tertiary/aromatic N) is 1. The third-order valence-corrected chi connectivity index (χ3v) is 4.14. The highest BCUT2D eigenvalue weighted by Crippen LogP contribution is 2.24. The van der Waals surface area contributed by atoms with E-state index in [9.17, 15) is 9.18 Å². The zero-order valence-corrected chi connectivity index (χ0v) is 13.7. The molecule has 6 nitrogen and oxygen atoms in total. The first-order valence-electron chi connectivity index (χ1n) is 8.09. The molecular weight excluding hydrogens is 325 g/mol. The monoisotopic (exact) mass is 345 g/mol. The molecule has 0 spiro atoms. The molecule has 0 aliphatic carbocycles. The zero-order chi connectivity index (χ0) is 17.7. The first-order chi connectivity index (χ1) is 12.1. The van der Waals surface area contributed by atoms with Gasteiger partial charge in [0, 0.05) is 37.6 Å². The van der Waals surface area contributed by atoms with Gasteiger partial charge in [0.15, 0.2) is 0 Å². The fraction of sp³-hybridized carbons (Fsp3) is 0.333. The summed E-state index contributed by atoms with van der Waals surface area (Å²) in [6, 6.07) is 9.33. The number of hydrogen-bond donors (Lipinski definition) is 2. The van der Waals surface area contributed by atoms with Gasteiger partial charge in [0.05, 0.1) is 5.54 Å². The van der Waals surface area contributed by atoms with Crippen molar-refractivity contribution in [2.75, 3.05) is 13.2 Å². The van der Waals surface area contributed by atoms with Crippen molar-refractivity contribution in [3.63, 3.8) is 0 Å². The Kier molecular flexibility index (Phi) is 5.25. The summed E-state index contributed by atoms with van der Waals surface area (Å²) in [7, 11) is 0. The number of pyridine rings is 1. The highest BCUT2D eigenvalue weighted by Gasteiger charge is 2.35. The van der Waals surface area contributed by atoms with Gasteiger partial charge >= 0.3 is 0 Å². The molecule has 3 N–H and O–H groups in total. The van der Waals surface area contributed by atoms with E-state index in [4.69, 9.17) is 15.2 Å². The molecular formula is C18H20FN3O3. The molecule has 1 aromatic carbocycles. The van der Waals surface area contributed by atoms with Crippen LogP contribution in [0.25, 0.3) is 0 Å². The van der Waals surface area contributed by atoms with E-state index in [1.165, 1.54) is 12.1 Å². The van der Waals surface area contributed by atoms with Gasteiger partial charge in [0.2, 0.25) is 11.8 Å². The van der Waals surface area contributed by atoms with Crippen LogP contribution in [0.15, 0.2) is 42.6 Å². The van der Waals surface area contributed by atoms with E-state index in [-0.39, 0.29) is 12.5 Å². The van der Waals surface area contributed by atoms with Gasteiger partial charge in [-0.05, 0) is 31.0 Å². The molecule has 0 unspecified atom stereocenters. The molecule has 0 bridgehead atoms. The molecule has 7 heteroatoms. The maximum absolute atomic E-state index is 13.3. The summed E-state index contributed by atoms with van der Waals surface area (Å²) < 4.78 is 24.2. The van der Waals surface area contributed by atoms with Gasteiger partial charge in [-0.2, -0.15) is 0 Å². The normalized spacial score (nSPS) is 16.2. The number of benzene rings is 1. The van der Waals surface area contributed by atoms with E-state index < -0.39 is 11.4 Å². The average molecular weight is 345 g/mol. The summed E-state index contributed by atoms with van der Waals surface area (Å²) in [6.45, 7) is 1.17. The molecule has 1 aromatic heterocycles. The lowest BCUT2D eigenvalue weighted by Crippen LogP contribution is -2.56. The van der Waals surface area contributed by atoms with Crippen molar-refractivity contribution < 1.29 is 18.7 Å². The smallest absolute Gasteiger partial charge is 0.240 e. The van der Waals surface area contributed by atoms with E-state index in [0.29, 0.717) is 43.2 Å². The Hall–Kier alpha value is -2.51. The van der Waals surface area contributed by atoms with Gasteiger partial charge in [-0.15, -0.1) is 0 Å². The number of rotatable bonds is 5. The Morgan fingerprint density at radius 1 is 1.32 bits per heavy atom. The minimum atomic E-state index is -0.913. The Morgan fingerprint density at radius 3 is 2.88 bits per heavy atom. The largest absolute Gasteiger partial charge is 0.439 e. The molecule has 1 saturated heterocycles. The molecule has 2 heterocycles. The molecule has 1 aliphatic rings. The van der Waals surface area contributed by atoms with Gasteiger partial charge in [0.25, 0.3) is 0 Å². The maximum atomic E-state index is 13.3. The second kappa shape index (κ2) is 7.58. The summed E-state index contributed by atoms with van der Waals surface area (Å²) in [5.41, 5.74) is 5.93. The number of halogens is 1. The van der Waals surface area contributed by atoms with E-state index in [2.05, 4.69) is 10.3 Å². The third-order valence-electron chi connectivity index (χ3n) is 4.14. The minimum absolute atomic E-state index is 0.219. The molecule has 2 aromatic rings. The standard InChI is InChI=1S/C18H20FN3O3/c19-14-4-1-5-15(11-14)25-16-13(3-2-8-21-16)12-22-17(23)18(20)6-9-24-10-7-18/h1-5,8,11H,6-7,9-10,12,20H2,(H,22,23). The van der Waals surface area contributed by atoms with Crippen molar-refractivity contribution in [2.24, 2.45) is 5.73 Å². The summed E-state index contributed by atoms with van der Waals surface area (Å²) >= 11 is 0. The van der Waals surface area contributed by atoms with Crippen LogP contribution in [-0.4, -0.2) is 29.6 Å². The van der Waals surface area contributed by atoms with Gasteiger partial charge < -0.3 is 20.5 Å². The Balaban J connectivity index is 1.67. The molecule has 0 radical (unpaired) electrons. The number of nitrogens with two attached hydrogens (primary N) is 1. The number of ether oxygens (including phenoxy) is 2. The number of carbonyl (C=O) groups is 1. The van der Waals surface area contributed by atoms with Gasteiger partial charge in [-0.1, -0.05) is 12.1 Å². The molecule has 0 atom stereocenters. The lowest BCUT2D eigenvalue weighted by molar-refractivity contribution is -0.129. The van der Waals surface area contributed by atoms with E-state index in [0.717, 1.165) is 0 Å². The van der Waals surface area contributed by atoms with Crippen LogP contribution in [-0.2, 0) is 16.1 Å². The Labute approximate surface area is 145 Å². The first kappa shape index (κ1) is 17.3. The fourth-order valence-electron chi connectivity index (χ4n) is 2.61. The third kappa shape index (κ3) is 4.32. The van der Waals surface area contributed by atoms with Crippen molar-refractivity contribution in [3.8, 4) is 11.6 Å². The topological polar surface area (TPSA) is 86.5 Å². The lowest BCUT2D eigenvalue weighted by atomic mass is 9.90. The summed E-state index contributed by atoms with van der Waals surface area (Å²) in [6.07, 6.45) is 2.54. The van der Waals surface area contributed by atoms with Gasteiger partial charge in [-0.3, -0.25) is 4.79 Å². The predicted octanol–water partition coefficient (Wildman–Crippen LogP) is 2.14. The quantitative estimate of drug-likeness (QED) is 0.867. The fourth-order valence-corrected chi connectivity index (χ4v) is 2.61. The van der Waals surface area contributed by atoms with Crippen molar-refractivity contribution >= 4 is 5.91 Å². The highest BCUT2D eigenvalue weighted by molar-refractivity contribution is 5.86.